The maximum atomic E-state index is 12.0. The number of carbonyl (C=O) groups is 2. The molecule has 9 nitrogen and oxygen atoms in total. The number of fused-ring (bicyclic) bond motifs is 1. The van der Waals surface area contributed by atoms with E-state index in [1.54, 1.807) is 0 Å². The van der Waals surface area contributed by atoms with E-state index in [4.69, 9.17) is 4.55 Å². The van der Waals surface area contributed by atoms with Crippen LogP contribution in [0.2, 0.25) is 0 Å². The summed E-state index contributed by atoms with van der Waals surface area (Å²) in [5.41, 5.74) is 0. The van der Waals surface area contributed by atoms with E-state index in [1.165, 1.54) is 4.90 Å². The zero-order chi connectivity index (χ0) is 15.6. The quantitative estimate of drug-likeness (QED) is 0.321. The first-order chi connectivity index (χ1) is 9.88. The number of hydrogen-bond acceptors (Lipinski definition) is 5. The molecule has 21 heavy (non-hydrogen) atoms. The molecule has 3 amide bonds. The van der Waals surface area contributed by atoms with Crippen molar-refractivity contribution in [3.63, 3.8) is 0 Å². The SMILES string of the molecule is CNCCCCNC(=O)N1CC[C@@H]2[C@H]1C(=O)N2S(=O)(=O)O. The van der Waals surface area contributed by atoms with Gasteiger partial charge in [0.15, 0.2) is 0 Å². The maximum absolute atomic E-state index is 12.0. The lowest BCUT2D eigenvalue weighted by Gasteiger charge is -2.42. The Morgan fingerprint density at radius 1 is 1.38 bits per heavy atom. The van der Waals surface area contributed by atoms with Crippen molar-refractivity contribution in [2.75, 3.05) is 26.7 Å². The normalized spacial score (nSPS) is 24.8. The Hall–Kier alpha value is -1.39. The lowest BCUT2D eigenvalue weighted by atomic mass is 10.0. The van der Waals surface area contributed by atoms with Crippen LogP contribution in [0.3, 0.4) is 0 Å². The highest BCUT2D eigenvalue weighted by atomic mass is 32.2. The average Bonchev–Trinajstić information content (AvgIpc) is 2.75. The third-order valence-corrected chi connectivity index (χ3v) is 4.72. The van der Waals surface area contributed by atoms with Crippen LogP contribution in [0.5, 0.6) is 0 Å². The fourth-order valence-electron chi connectivity index (χ4n) is 2.77. The van der Waals surface area contributed by atoms with Crippen molar-refractivity contribution in [1.29, 1.82) is 0 Å². The van der Waals surface area contributed by atoms with Gasteiger partial charge in [-0.05, 0) is 32.9 Å². The summed E-state index contributed by atoms with van der Waals surface area (Å²) in [5, 5.41) is 5.72. The van der Waals surface area contributed by atoms with E-state index in [0.717, 1.165) is 19.4 Å². The molecule has 2 aliphatic rings. The van der Waals surface area contributed by atoms with Crippen molar-refractivity contribution in [2.24, 2.45) is 0 Å². The van der Waals surface area contributed by atoms with Crippen LogP contribution < -0.4 is 10.6 Å². The third kappa shape index (κ3) is 3.11. The van der Waals surface area contributed by atoms with Crippen LogP contribution in [0.4, 0.5) is 4.79 Å². The second-order valence-electron chi connectivity index (χ2n) is 5.15. The summed E-state index contributed by atoms with van der Waals surface area (Å²) in [7, 11) is -2.67. The van der Waals surface area contributed by atoms with Gasteiger partial charge in [0.05, 0.1) is 6.04 Å². The Kier molecular flexibility index (Phi) is 4.69. The van der Waals surface area contributed by atoms with Crippen LogP contribution in [0.1, 0.15) is 19.3 Å². The molecule has 0 aromatic rings. The van der Waals surface area contributed by atoms with Gasteiger partial charge in [0.2, 0.25) is 0 Å². The highest BCUT2D eigenvalue weighted by Crippen LogP contribution is 2.35. The number of carbonyl (C=O) groups excluding carboxylic acids is 2. The molecule has 2 atom stereocenters. The van der Waals surface area contributed by atoms with Crippen LogP contribution in [0.15, 0.2) is 0 Å². The van der Waals surface area contributed by atoms with Crippen LogP contribution >= 0.6 is 0 Å². The van der Waals surface area contributed by atoms with Gasteiger partial charge in [-0.2, -0.15) is 8.42 Å². The molecule has 0 spiro atoms. The number of unbranched alkanes of at least 4 members (excludes halogenated alkanes) is 1. The molecule has 0 unspecified atom stereocenters. The number of rotatable bonds is 6. The summed E-state index contributed by atoms with van der Waals surface area (Å²) in [4.78, 5) is 25.1. The van der Waals surface area contributed by atoms with E-state index in [2.05, 4.69) is 10.6 Å². The average molecular weight is 320 g/mol. The Morgan fingerprint density at radius 2 is 2.05 bits per heavy atom. The van der Waals surface area contributed by atoms with Crippen molar-refractivity contribution >= 4 is 22.2 Å². The van der Waals surface area contributed by atoms with Gasteiger partial charge in [0.1, 0.15) is 6.04 Å². The molecule has 0 bridgehead atoms. The Labute approximate surface area is 123 Å². The van der Waals surface area contributed by atoms with Gasteiger partial charge in [0.25, 0.3) is 5.91 Å². The minimum absolute atomic E-state index is 0.301. The molecule has 10 heteroatoms. The standard InChI is InChI=1S/C11H20N4O5S/c1-12-5-2-3-6-13-11(17)14-7-4-8-9(14)10(16)15(8)21(18,19)20/h8-9,12H,2-7H2,1H3,(H,13,17)(H,18,19,20)/t8-,9+/m1/s1. The maximum Gasteiger partial charge on any atom is 0.362 e. The molecule has 2 fully saturated rings. The third-order valence-electron chi connectivity index (χ3n) is 3.78. The number of amides is 3. The van der Waals surface area contributed by atoms with Gasteiger partial charge in [0, 0.05) is 13.1 Å². The number of β-lactam (4-membered cyclic amide) rings is 1. The highest BCUT2D eigenvalue weighted by Gasteiger charge is 2.59. The minimum Gasteiger partial charge on any atom is -0.338 e. The summed E-state index contributed by atoms with van der Waals surface area (Å²) >= 11 is 0. The number of nitrogens with zero attached hydrogens (tertiary/aromatic N) is 2. The molecule has 2 saturated heterocycles. The smallest absolute Gasteiger partial charge is 0.338 e. The van der Waals surface area contributed by atoms with Gasteiger partial charge in [-0.3, -0.25) is 9.35 Å². The van der Waals surface area contributed by atoms with Crippen molar-refractivity contribution in [3.8, 4) is 0 Å². The van der Waals surface area contributed by atoms with Crippen LogP contribution in [0.25, 0.3) is 0 Å². The molecule has 120 valence electrons. The van der Waals surface area contributed by atoms with Gasteiger partial charge in [-0.15, -0.1) is 0 Å². The van der Waals surface area contributed by atoms with Gasteiger partial charge in [-0.1, -0.05) is 0 Å². The Bertz CT molecular complexity index is 523. The Balaban J connectivity index is 1.84. The van der Waals surface area contributed by atoms with Gasteiger partial charge >= 0.3 is 16.3 Å². The number of nitrogens with one attached hydrogen (secondary N) is 2. The molecular formula is C11H20N4O5S. The molecule has 2 rings (SSSR count). The Morgan fingerprint density at radius 3 is 2.67 bits per heavy atom. The number of hydrogen-bond donors (Lipinski definition) is 3. The molecular weight excluding hydrogens is 300 g/mol. The van der Waals surface area contributed by atoms with Crippen molar-refractivity contribution in [1.82, 2.24) is 19.8 Å². The molecule has 0 aliphatic carbocycles. The zero-order valence-corrected chi connectivity index (χ0v) is 12.6. The summed E-state index contributed by atoms with van der Waals surface area (Å²) in [6.07, 6.45) is 2.10. The van der Waals surface area contributed by atoms with Crippen molar-refractivity contribution in [2.45, 2.75) is 31.3 Å². The monoisotopic (exact) mass is 320 g/mol. The lowest BCUT2D eigenvalue weighted by Crippen LogP contribution is -2.68. The van der Waals surface area contributed by atoms with E-state index in [9.17, 15) is 18.0 Å². The van der Waals surface area contributed by atoms with Crippen LogP contribution in [-0.4, -0.2) is 72.9 Å². The summed E-state index contributed by atoms with van der Waals surface area (Å²) in [5.74, 6) is -0.745. The molecule has 0 aromatic heterocycles. The van der Waals surface area contributed by atoms with E-state index in [0.29, 0.717) is 23.8 Å². The first kappa shape index (κ1) is 16.0. The second kappa shape index (κ2) is 6.16. The van der Waals surface area contributed by atoms with E-state index in [-0.39, 0.29) is 6.03 Å². The minimum atomic E-state index is -4.53. The topological polar surface area (TPSA) is 119 Å². The fraction of sp³-hybridized carbons (Fsp3) is 0.818. The second-order valence-corrected chi connectivity index (χ2v) is 6.44. The van der Waals surface area contributed by atoms with Gasteiger partial charge < -0.3 is 15.5 Å². The highest BCUT2D eigenvalue weighted by molar-refractivity contribution is 7.84. The van der Waals surface area contributed by atoms with E-state index < -0.39 is 28.3 Å². The molecule has 2 heterocycles. The number of likely N-dealkylation sites (tertiary alicyclic amines) is 1. The first-order valence-electron chi connectivity index (χ1n) is 6.87. The van der Waals surface area contributed by atoms with Crippen LogP contribution in [0, 0.1) is 0 Å². The lowest BCUT2D eigenvalue weighted by molar-refractivity contribution is -0.143. The van der Waals surface area contributed by atoms with Gasteiger partial charge in [-0.25, -0.2) is 9.10 Å². The molecule has 0 aromatic carbocycles. The van der Waals surface area contributed by atoms with Crippen molar-refractivity contribution < 1.29 is 22.6 Å². The van der Waals surface area contributed by atoms with Crippen LogP contribution in [-0.2, 0) is 15.1 Å². The summed E-state index contributed by atoms with van der Waals surface area (Å²) in [6, 6.07) is -1.78. The number of urea groups is 1. The molecule has 0 saturated carbocycles. The summed E-state index contributed by atoms with van der Waals surface area (Å²) < 4.78 is 31.5. The zero-order valence-electron chi connectivity index (χ0n) is 11.8. The fourth-order valence-corrected chi connectivity index (χ4v) is 3.67. The van der Waals surface area contributed by atoms with E-state index in [1.807, 2.05) is 7.05 Å². The molecule has 0 radical (unpaired) electrons. The van der Waals surface area contributed by atoms with E-state index >= 15 is 0 Å². The van der Waals surface area contributed by atoms with Crippen molar-refractivity contribution in [3.05, 3.63) is 0 Å². The summed E-state index contributed by atoms with van der Waals surface area (Å²) in [6.45, 7) is 1.67. The molecule has 3 N–H and O–H groups in total. The first-order valence-corrected chi connectivity index (χ1v) is 8.27. The predicted octanol–water partition coefficient (Wildman–Crippen LogP) is -1.22. The molecule has 2 aliphatic heterocycles. The largest absolute Gasteiger partial charge is 0.362 e. The predicted molar refractivity (Wildman–Crippen MR) is 73.9 cm³/mol.